The number of benzene rings is 2. The van der Waals surface area contributed by atoms with Crippen LogP contribution in [0.4, 0.5) is 0 Å². The molecule has 2 aromatic rings. The van der Waals surface area contributed by atoms with Gasteiger partial charge in [-0.1, -0.05) is 35.9 Å². The lowest BCUT2D eigenvalue weighted by Crippen LogP contribution is -2.35. The van der Waals surface area contributed by atoms with E-state index in [1.165, 1.54) is 0 Å². The summed E-state index contributed by atoms with van der Waals surface area (Å²) in [5.74, 6) is 0.270. The van der Waals surface area contributed by atoms with Crippen molar-refractivity contribution < 1.29 is 19.1 Å². The van der Waals surface area contributed by atoms with Crippen LogP contribution in [-0.4, -0.2) is 25.2 Å². The molecule has 7 heteroatoms. The Labute approximate surface area is 161 Å². The Morgan fingerprint density at radius 3 is 2.70 bits per heavy atom. The molecule has 2 aromatic carbocycles. The molecule has 1 heterocycles. The largest absolute Gasteiger partial charge is 0.454 e. The second-order valence-electron chi connectivity index (χ2n) is 5.60. The maximum absolute atomic E-state index is 12.6. The number of fused-ring (bicyclic) bond motifs is 1. The summed E-state index contributed by atoms with van der Waals surface area (Å²) in [6.07, 6.45) is 3.10. The summed E-state index contributed by atoms with van der Waals surface area (Å²) >= 11 is 6.07. The number of hydrogen-bond donors (Lipinski definition) is 2. The van der Waals surface area contributed by atoms with Crippen LogP contribution in [0.3, 0.4) is 0 Å². The van der Waals surface area contributed by atoms with Gasteiger partial charge in [-0.05, 0) is 35.9 Å². The highest BCUT2D eigenvalue weighted by Crippen LogP contribution is 2.33. The van der Waals surface area contributed by atoms with Crippen molar-refractivity contribution in [1.29, 1.82) is 0 Å². The molecule has 0 bridgehead atoms. The standard InChI is InChI=1S/C20H17ClN2O4/c1-2-9-22-20(25)16(23-19(24)14-5-3-4-6-15(14)21)10-13-7-8-17-18(11-13)27-12-26-17/h2-8,10-11H,1,9,12H2,(H,22,25)(H,23,24). The van der Waals surface area contributed by atoms with E-state index >= 15 is 0 Å². The first-order valence-corrected chi connectivity index (χ1v) is 8.52. The highest BCUT2D eigenvalue weighted by molar-refractivity contribution is 6.34. The molecule has 2 N–H and O–H groups in total. The summed E-state index contributed by atoms with van der Waals surface area (Å²) in [6.45, 7) is 3.98. The fraction of sp³-hybridized carbons (Fsp3) is 0.100. The van der Waals surface area contributed by atoms with Gasteiger partial charge in [0.1, 0.15) is 5.70 Å². The van der Waals surface area contributed by atoms with Gasteiger partial charge in [-0.3, -0.25) is 9.59 Å². The van der Waals surface area contributed by atoms with Crippen LogP contribution < -0.4 is 20.1 Å². The van der Waals surface area contributed by atoms with Gasteiger partial charge in [0.15, 0.2) is 11.5 Å². The normalized spacial score (nSPS) is 12.4. The Hall–Kier alpha value is -3.25. The molecule has 0 aliphatic carbocycles. The van der Waals surface area contributed by atoms with Crippen molar-refractivity contribution in [3.63, 3.8) is 0 Å². The fourth-order valence-corrected chi connectivity index (χ4v) is 2.64. The third-order valence-corrected chi connectivity index (χ3v) is 4.06. The van der Waals surface area contributed by atoms with Gasteiger partial charge >= 0.3 is 0 Å². The maximum atomic E-state index is 12.6. The lowest BCUT2D eigenvalue weighted by atomic mass is 10.1. The lowest BCUT2D eigenvalue weighted by Gasteiger charge is -2.11. The Morgan fingerprint density at radius 2 is 1.93 bits per heavy atom. The molecule has 1 aliphatic rings. The maximum Gasteiger partial charge on any atom is 0.268 e. The molecule has 0 fully saturated rings. The Balaban J connectivity index is 1.88. The number of rotatable bonds is 6. The monoisotopic (exact) mass is 384 g/mol. The third-order valence-electron chi connectivity index (χ3n) is 3.73. The van der Waals surface area contributed by atoms with Gasteiger partial charge < -0.3 is 20.1 Å². The molecule has 27 heavy (non-hydrogen) atoms. The van der Waals surface area contributed by atoms with E-state index in [1.807, 2.05) is 0 Å². The smallest absolute Gasteiger partial charge is 0.268 e. The van der Waals surface area contributed by atoms with Gasteiger partial charge in [0.25, 0.3) is 11.8 Å². The molecule has 0 atom stereocenters. The van der Waals surface area contributed by atoms with Crippen molar-refractivity contribution in [2.24, 2.45) is 0 Å². The first-order chi connectivity index (χ1) is 13.1. The van der Waals surface area contributed by atoms with Crippen molar-refractivity contribution in [3.05, 3.63) is 77.0 Å². The molecule has 1 aliphatic heterocycles. The zero-order valence-corrected chi connectivity index (χ0v) is 15.1. The van der Waals surface area contributed by atoms with Crippen LogP contribution >= 0.6 is 11.6 Å². The number of carbonyl (C=O) groups is 2. The lowest BCUT2D eigenvalue weighted by molar-refractivity contribution is -0.117. The van der Waals surface area contributed by atoms with Crippen molar-refractivity contribution in [2.45, 2.75) is 0 Å². The third kappa shape index (κ3) is 4.48. The molecule has 2 amide bonds. The number of ether oxygens (including phenoxy) is 2. The minimum absolute atomic E-state index is 0.0700. The molecule has 3 rings (SSSR count). The highest BCUT2D eigenvalue weighted by Gasteiger charge is 2.17. The zero-order valence-electron chi connectivity index (χ0n) is 14.3. The molecule has 0 saturated heterocycles. The number of hydrogen-bond acceptors (Lipinski definition) is 4. The van der Waals surface area contributed by atoms with Crippen molar-refractivity contribution >= 4 is 29.5 Å². The molecular formula is C20H17ClN2O4. The first kappa shape index (κ1) is 18.5. The molecule has 0 unspecified atom stereocenters. The minimum Gasteiger partial charge on any atom is -0.454 e. The SMILES string of the molecule is C=CCNC(=O)C(=Cc1ccc2c(c1)OCO2)NC(=O)c1ccccc1Cl. The van der Waals surface area contributed by atoms with E-state index in [4.69, 9.17) is 21.1 Å². The van der Waals surface area contributed by atoms with E-state index in [1.54, 1.807) is 54.6 Å². The molecule has 138 valence electrons. The second-order valence-corrected chi connectivity index (χ2v) is 6.01. The van der Waals surface area contributed by atoms with Crippen LogP contribution in [0.15, 0.2) is 60.8 Å². The number of nitrogens with one attached hydrogen (secondary N) is 2. The van der Waals surface area contributed by atoms with Gasteiger partial charge in [0, 0.05) is 6.54 Å². The number of amides is 2. The van der Waals surface area contributed by atoms with Gasteiger partial charge in [0.05, 0.1) is 10.6 Å². The van der Waals surface area contributed by atoms with Crippen LogP contribution in [-0.2, 0) is 4.79 Å². The molecule has 0 aromatic heterocycles. The summed E-state index contributed by atoms with van der Waals surface area (Å²) in [5, 5.41) is 5.56. The van der Waals surface area contributed by atoms with E-state index in [0.29, 0.717) is 22.1 Å². The summed E-state index contributed by atoms with van der Waals surface area (Å²) < 4.78 is 10.6. The van der Waals surface area contributed by atoms with Crippen molar-refractivity contribution in [3.8, 4) is 11.5 Å². The molecule has 0 spiro atoms. The van der Waals surface area contributed by atoms with Crippen LogP contribution in [0.1, 0.15) is 15.9 Å². The van der Waals surface area contributed by atoms with Gasteiger partial charge in [-0.25, -0.2) is 0 Å². The first-order valence-electron chi connectivity index (χ1n) is 8.15. The van der Waals surface area contributed by atoms with E-state index in [0.717, 1.165) is 0 Å². The molecule has 0 saturated carbocycles. The van der Waals surface area contributed by atoms with Crippen molar-refractivity contribution in [2.75, 3.05) is 13.3 Å². The van der Waals surface area contributed by atoms with Crippen molar-refractivity contribution in [1.82, 2.24) is 10.6 Å². The van der Waals surface area contributed by atoms with Crippen LogP contribution in [0.2, 0.25) is 5.02 Å². The van der Waals surface area contributed by atoms with E-state index in [-0.39, 0.29) is 24.6 Å². The average molecular weight is 385 g/mol. The number of carbonyl (C=O) groups excluding carboxylic acids is 2. The van der Waals surface area contributed by atoms with E-state index in [2.05, 4.69) is 17.2 Å². The topological polar surface area (TPSA) is 76.7 Å². The van der Waals surface area contributed by atoms with Crippen LogP contribution in [0, 0.1) is 0 Å². The predicted molar refractivity (Wildman–Crippen MR) is 103 cm³/mol. The Morgan fingerprint density at radius 1 is 1.15 bits per heavy atom. The highest BCUT2D eigenvalue weighted by atomic mass is 35.5. The van der Waals surface area contributed by atoms with Crippen LogP contribution in [0.5, 0.6) is 11.5 Å². The van der Waals surface area contributed by atoms with Gasteiger partial charge in [-0.15, -0.1) is 6.58 Å². The van der Waals surface area contributed by atoms with Gasteiger partial charge in [0.2, 0.25) is 6.79 Å². The predicted octanol–water partition coefficient (Wildman–Crippen LogP) is 3.14. The van der Waals surface area contributed by atoms with E-state index < -0.39 is 11.8 Å². The number of halogens is 1. The van der Waals surface area contributed by atoms with Gasteiger partial charge in [-0.2, -0.15) is 0 Å². The molecule has 6 nitrogen and oxygen atoms in total. The second kappa shape index (κ2) is 8.42. The zero-order chi connectivity index (χ0) is 19.2. The summed E-state index contributed by atoms with van der Waals surface area (Å²) in [6, 6.07) is 11.8. The summed E-state index contributed by atoms with van der Waals surface area (Å²) in [7, 11) is 0. The molecular weight excluding hydrogens is 368 g/mol. The summed E-state index contributed by atoms with van der Waals surface area (Å²) in [4.78, 5) is 25.0. The fourth-order valence-electron chi connectivity index (χ4n) is 2.42. The molecule has 0 radical (unpaired) electrons. The Kier molecular flexibility index (Phi) is 5.78. The minimum atomic E-state index is -0.485. The van der Waals surface area contributed by atoms with E-state index in [9.17, 15) is 9.59 Å². The average Bonchev–Trinajstić information content (AvgIpc) is 3.13. The van der Waals surface area contributed by atoms with Crippen LogP contribution in [0.25, 0.3) is 6.08 Å². The quantitative estimate of drug-likeness (QED) is 0.592. The summed E-state index contributed by atoms with van der Waals surface area (Å²) in [5.41, 5.74) is 1.01. The Bertz CT molecular complexity index is 924.